The van der Waals surface area contributed by atoms with E-state index in [9.17, 15) is 13.0 Å². The summed E-state index contributed by atoms with van der Waals surface area (Å²) in [6.07, 6.45) is 1.50. The minimum absolute atomic E-state index is 0.0443. The molecule has 0 heterocycles. The standard InChI is InChI=1S/C22H28NO5PS/c1-5-11-22(29(24,27-6-2)28-7-3)23(18-20-12-9-8-10-13-20)30(25,26)21-16-14-19(4)15-17-21/h5,8-10,12-17H,6-7,18H2,1-4H3. The number of allylic oxidation sites excluding steroid dienone is 1. The van der Waals surface area contributed by atoms with Crippen molar-refractivity contribution in [3.8, 4) is 0 Å². The van der Waals surface area contributed by atoms with Gasteiger partial charge in [0.15, 0.2) is 5.44 Å². The molecule has 2 aromatic carbocycles. The largest absolute Gasteiger partial charge is 0.386 e. The molecule has 0 aliphatic rings. The highest BCUT2D eigenvalue weighted by Crippen LogP contribution is 2.58. The second kappa shape index (κ2) is 10.8. The first-order chi connectivity index (χ1) is 14.3. The lowest BCUT2D eigenvalue weighted by atomic mass is 10.2. The van der Waals surface area contributed by atoms with Crippen molar-refractivity contribution in [2.45, 2.75) is 39.1 Å². The number of sulfonamides is 1. The predicted molar refractivity (Wildman–Crippen MR) is 118 cm³/mol. The van der Waals surface area contributed by atoms with Gasteiger partial charge in [-0.05, 0) is 51.5 Å². The first-order valence-electron chi connectivity index (χ1n) is 9.72. The zero-order chi connectivity index (χ0) is 22.2. The number of rotatable bonds is 10. The lowest BCUT2D eigenvalue weighted by Gasteiger charge is -2.29. The molecule has 0 spiro atoms. The van der Waals surface area contributed by atoms with Gasteiger partial charge in [-0.25, -0.2) is 12.7 Å². The van der Waals surface area contributed by atoms with E-state index in [4.69, 9.17) is 9.05 Å². The fourth-order valence-corrected chi connectivity index (χ4v) is 6.36. The second-order valence-electron chi connectivity index (χ2n) is 6.40. The fraction of sp³-hybridized carbons (Fsp3) is 0.318. The molecule has 0 saturated carbocycles. The van der Waals surface area contributed by atoms with Gasteiger partial charge in [-0.2, -0.15) is 0 Å². The van der Waals surface area contributed by atoms with E-state index in [1.54, 1.807) is 45.0 Å². The summed E-state index contributed by atoms with van der Waals surface area (Å²) < 4.78 is 52.9. The van der Waals surface area contributed by atoms with Crippen molar-refractivity contribution in [3.05, 3.63) is 83.0 Å². The second-order valence-corrected chi connectivity index (χ2v) is 10.2. The van der Waals surface area contributed by atoms with Gasteiger partial charge in [0.05, 0.1) is 24.7 Å². The summed E-state index contributed by atoms with van der Waals surface area (Å²) in [6.45, 7) is 7.04. The monoisotopic (exact) mass is 449 g/mol. The van der Waals surface area contributed by atoms with E-state index in [1.165, 1.54) is 18.2 Å². The molecule has 2 rings (SSSR count). The lowest BCUT2D eigenvalue weighted by Crippen LogP contribution is -2.30. The lowest BCUT2D eigenvalue weighted by molar-refractivity contribution is 0.220. The highest BCUT2D eigenvalue weighted by molar-refractivity contribution is 7.89. The minimum Gasteiger partial charge on any atom is -0.304 e. The van der Waals surface area contributed by atoms with Crippen LogP contribution in [0.2, 0.25) is 0 Å². The fourth-order valence-electron chi connectivity index (χ4n) is 2.78. The molecule has 0 saturated heterocycles. The molecule has 0 aliphatic carbocycles. The van der Waals surface area contributed by atoms with Crippen LogP contribution in [0.5, 0.6) is 0 Å². The third-order valence-corrected chi connectivity index (χ3v) is 8.13. The number of hydrogen-bond donors (Lipinski definition) is 0. The van der Waals surface area contributed by atoms with Gasteiger partial charge in [0, 0.05) is 0 Å². The van der Waals surface area contributed by atoms with Crippen LogP contribution in [-0.4, -0.2) is 25.9 Å². The zero-order valence-corrected chi connectivity index (χ0v) is 19.4. The predicted octanol–water partition coefficient (Wildman–Crippen LogP) is 5.47. The van der Waals surface area contributed by atoms with Gasteiger partial charge < -0.3 is 9.05 Å². The molecule has 0 unspecified atom stereocenters. The molecule has 6 nitrogen and oxygen atoms in total. The molecular formula is C22H28NO5PS. The van der Waals surface area contributed by atoms with E-state index in [0.717, 1.165) is 15.4 Å². The zero-order valence-electron chi connectivity index (χ0n) is 17.7. The minimum atomic E-state index is -4.08. The van der Waals surface area contributed by atoms with E-state index < -0.39 is 17.6 Å². The van der Waals surface area contributed by atoms with Crippen molar-refractivity contribution >= 4 is 17.6 Å². The summed E-state index contributed by atoms with van der Waals surface area (Å²) in [5, 5.41) is 0. The van der Waals surface area contributed by atoms with Crippen LogP contribution in [0, 0.1) is 6.92 Å². The molecule has 8 heteroatoms. The van der Waals surface area contributed by atoms with Crippen molar-refractivity contribution in [2.24, 2.45) is 0 Å². The van der Waals surface area contributed by atoms with Gasteiger partial charge in [-0.15, -0.1) is 0 Å². The van der Waals surface area contributed by atoms with Crippen LogP contribution < -0.4 is 0 Å². The summed E-state index contributed by atoms with van der Waals surface area (Å²) >= 11 is 0. The molecule has 0 atom stereocenters. The summed E-state index contributed by atoms with van der Waals surface area (Å²) in [5.74, 6) is 0. The molecule has 0 N–H and O–H groups in total. The van der Waals surface area contributed by atoms with E-state index >= 15 is 0 Å². The maximum absolute atomic E-state index is 13.6. The molecule has 0 aliphatic heterocycles. The van der Waals surface area contributed by atoms with Crippen molar-refractivity contribution in [3.63, 3.8) is 0 Å². The maximum atomic E-state index is 13.6. The Morgan fingerprint density at radius 2 is 1.60 bits per heavy atom. The third kappa shape index (κ3) is 5.72. The molecule has 2 aromatic rings. The summed E-state index contributed by atoms with van der Waals surface area (Å²) in [6, 6.07) is 15.6. The molecule has 0 amide bonds. The van der Waals surface area contributed by atoms with Crippen LogP contribution in [-0.2, 0) is 30.2 Å². The molecule has 162 valence electrons. The van der Waals surface area contributed by atoms with Crippen LogP contribution >= 0.6 is 7.60 Å². The highest BCUT2D eigenvalue weighted by Gasteiger charge is 2.40. The van der Waals surface area contributed by atoms with Gasteiger partial charge >= 0.3 is 7.60 Å². The summed E-state index contributed by atoms with van der Waals surface area (Å²) in [7, 11) is -8.02. The van der Waals surface area contributed by atoms with E-state index in [0.29, 0.717) is 0 Å². The third-order valence-electron chi connectivity index (χ3n) is 4.15. The van der Waals surface area contributed by atoms with Gasteiger partial charge in [-0.3, -0.25) is 4.57 Å². The number of aryl methyl sites for hydroxylation is 1. The summed E-state index contributed by atoms with van der Waals surface area (Å²) in [4.78, 5) is 0.0824. The molecular weight excluding hydrogens is 421 g/mol. The Morgan fingerprint density at radius 1 is 1.03 bits per heavy atom. The molecule has 0 fully saturated rings. The Labute approximate surface area is 179 Å². The van der Waals surface area contributed by atoms with Crippen molar-refractivity contribution < 1.29 is 22.0 Å². The average molecular weight is 450 g/mol. The van der Waals surface area contributed by atoms with Gasteiger partial charge in [0.2, 0.25) is 0 Å². The Hall–Kier alpha value is -2.14. The van der Waals surface area contributed by atoms with Crippen molar-refractivity contribution in [2.75, 3.05) is 13.2 Å². The van der Waals surface area contributed by atoms with E-state index in [-0.39, 0.29) is 30.1 Å². The molecule has 0 radical (unpaired) electrons. The normalized spacial score (nSPS) is 11.6. The molecule has 0 aromatic heterocycles. The Morgan fingerprint density at radius 3 is 2.10 bits per heavy atom. The SMILES string of the molecule is CC=C=C(N(Cc1ccccc1)S(=O)(=O)c1ccc(C)cc1)P(=O)(OCC)OCC. The molecule has 0 bridgehead atoms. The van der Waals surface area contributed by atoms with Crippen LogP contribution in [0.4, 0.5) is 0 Å². The van der Waals surface area contributed by atoms with Crippen molar-refractivity contribution in [1.82, 2.24) is 4.31 Å². The van der Waals surface area contributed by atoms with Gasteiger partial charge in [0.25, 0.3) is 10.0 Å². The molecule has 30 heavy (non-hydrogen) atoms. The Kier molecular flexibility index (Phi) is 8.65. The van der Waals surface area contributed by atoms with Gasteiger partial charge in [-0.1, -0.05) is 53.8 Å². The smallest absolute Gasteiger partial charge is 0.304 e. The van der Waals surface area contributed by atoms with Gasteiger partial charge in [0.1, 0.15) is 0 Å². The maximum Gasteiger partial charge on any atom is 0.386 e. The first-order valence-corrected chi connectivity index (χ1v) is 12.7. The highest BCUT2D eigenvalue weighted by atomic mass is 32.2. The number of benzene rings is 2. The van der Waals surface area contributed by atoms with Crippen LogP contribution in [0.1, 0.15) is 31.9 Å². The Bertz CT molecular complexity index is 1030. The van der Waals surface area contributed by atoms with Crippen LogP contribution in [0.25, 0.3) is 0 Å². The number of hydrogen-bond acceptors (Lipinski definition) is 5. The van der Waals surface area contributed by atoms with Crippen LogP contribution in [0.15, 0.2) is 76.7 Å². The topological polar surface area (TPSA) is 72.9 Å². The Balaban J connectivity index is 2.71. The van der Waals surface area contributed by atoms with E-state index in [2.05, 4.69) is 5.73 Å². The van der Waals surface area contributed by atoms with Crippen molar-refractivity contribution in [1.29, 1.82) is 0 Å². The average Bonchev–Trinajstić information content (AvgIpc) is 2.72. The number of nitrogens with zero attached hydrogens (tertiary/aromatic N) is 1. The first kappa shape index (κ1) is 24.1. The van der Waals surface area contributed by atoms with E-state index in [1.807, 2.05) is 25.1 Å². The summed E-state index contributed by atoms with van der Waals surface area (Å²) in [5.41, 5.74) is 4.34. The quantitative estimate of drug-likeness (QED) is 0.355. The van der Waals surface area contributed by atoms with Crippen LogP contribution in [0.3, 0.4) is 0 Å².